The van der Waals surface area contributed by atoms with Crippen LogP contribution in [-0.4, -0.2) is 40.6 Å². The van der Waals surface area contributed by atoms with Crippen LogP contribution in [0.15, 0.2) is 27.8 Å². The first kappa shape index (κ1) is 18.7. The van der Waals surface area contributed by atoms with Gasteiger partial charge in [0.15, 0.2) is 0 Å². The van der Waals surface area contributed by atoms with Crippen molar-refractivity contribution in [2.24, 2.45) is 11.1 Å². The van der Waals surface area contributed by atoms with Gasteiger partial charge in [0, 0.05) is 29.0 Å². The van der Waals surface area contributed by atoms with Gasteiger partial charge in [0.1, 0.15) is 11.4 Å². The summed E-state index contributed by atoms with van der Waals surface area (Å²) < 4.78 is 20.1. The maximum absolute atomic E-state index is 14.1. The standard InChI is InChI=1S/C17H22BrFN2O3/c1-17(2,3)24-16(22)21-8-6-11(7-9-21)15(20-23)13-10-12(18)4-5-14(13)19/h4-5,10-11,23H,6-9H2,1-3H3. The molecule has 1 aromatic rings. The zero-order chi connectivity index (χ0) is 17.9. The van der Waals surface area contributed by atoms with Gasteiger partial charge < -0.3 is 14.8 Å². The molecule has 0 spiro atoms. The van der Waals surface area contributed by atoms with Crippen LogP contribution in [0.3, 0.4) is 0 Å². The smallest absolute Gasteiger partial charge is 0.410 e. The Balaban J connectivity index is 2.05. The van der Waals surface area contributed by atoms with E-state index >= 15 is 0 Å². The van der Waals surface area contributed by atoms with Crippen LogP contribution in [0.1, 0.15) is 39.2 Å². The van der Waals surface area contributed by atoms with Crippen LogP contribution in [-0.2, 0) is 4.74 Å². The SMILES string of the molecule is CC(C)(C)OC(=O)N1CCC(C(=NO)c2cc(Br)ccc2F)CC1. The summed E-state index contributed by atoms with van der Waals surface area (Å²) in [4.78, 5) is 13.7. The van der Waals surface area contributed by atoms with Crippen molar-refractivity contribution in [2.45, 2.75) is 39.2 Å². The molecular formula is C17H22BrFN2O3. The second-order valence-electron chi connectivity index (χ2n) is 6.85. The molecule has 24 heavy (non-hydrogen) atoms. The van der Waals surface area contributed by atoms with Crippen molar-refractivity contribution in [1.29, 1.82) is 0 Å². The summed E-state index contributed by atoms with van der Waals surface area (Å²) in [5.41, 5.74) is 0.0608. The van der Waals surface area contributed by atoms with Gasteiger partial charge in [0.05, 0.1) is 5.71 Å². The van der Waals surface area contributed by atoms with E-state index in [2.05, 4.69) is 21.1 Å². The molecule has 0 saturated carbocycles. The van der Waals surface area contributed by atoms with Crippen LogP contribution < -0.4 is 0 Å². The first-order valence-electron chi connectivity index (χ1n) is 7.86. The van der Waals surface area contributed by atoms with Crippen molar-refractivity contribution < 1.29 is 19.1 Å². The largest absolute Gasteiger partial charge is 0.444 e. The molecule has 5 nitrogen and oxygen atoms in total. The predicted octanol–water partition coefficient (Wildman–Crippen LogP) is 4.41. The van der Waals surface area contributed by atoms with Crippen molar-refractivity contribution >= 4 is 27.7 Å². The van der Waals surface area contributed by atoms with Gasteiger partial charge in [-0.25, -0.2) is 9.18 Å². The minimum Gasteiger partial charge on any atom is -0.444 e. The molecule has 1 amide bonds. The summed E-state index contributed by atoms with van der Waals surface area (Å²) in [5, 5.41) is 12.7. The van der Waals surface area contributed by atoms with Gasteiger partial charge in [-0.3, -0.25) is 0 Å². The number of hydrogen-bond acceptors (Lipinski definition) is 4. The molecule has 0 unspecified atom stereocenters. The molecule has 1 fully saturated rings. The van der Waals surface area contributed by atoms with Crippen LogP contribution >= 0.6 is 15.9 Å². The van der Waals surface area contributed by atoms with E-state index in [4.69, 9.17) is 4.74 Å². The molecule has 1 aromatic carbocycles. The highest BCUT2D eigenvalue weighted by Gasteiger charge is 2.30. The van der Waals surface area contributed by atoms with E-state index in [1.165, 1.54) is 6.07 Å². The second kappa shape index (κ2) is 7.51. The molecule has 1 heterocycles. The van der Waals surface area contributed by atoms with E-state index in [0.717, 1.165) is 0 Å². The minimum atomic E-state index is -0.537. The predicted molar refractivity (Wildman–Crippen MR) is 93.0 cm³/mol. The number of oxime groups is 1. The molecule has 7 heteroatoms. The summed E-state index contributed by atoms with van der Waals surface area (Å²) in [6.07, 6.45) is 0.826. The Morgan fingerprint density at radius 3 is 2.54 bits per heavy atom. The number of ether oxygens (including phenoxy) is 1. The van der Waals surface area contributed by atoms with Crippen molar-refractivity contribution in [3.63, 3.8) is 0 Å². The Bertz CT molecular complexity index is 635. The molecular weight excluding hydrogens is 379 g/mol. The Morgan fingerprint density at radius 1 is 1.38 bits per heavy atom. The average molecular weight is 401 g/mol. The number of carbonyl (C=O) groups is 1. The number of nitrogens with zero attached hydrogens (tertiary/aromatic N) is 2. The maximum atomic E-state index is 14.1. The Morgan fingerprint density at radius 2 is 2.00 bits per heavy atom. The third-order valence-corrected chi connectivity index (χ3v) is 4.34. The Labute approximate surface area is 149 Å². The van der Waals surface area contributed by atoms with E-state index in [1.54, 1.807) is 17.0 Å². The number of benzene rings is 1. The number of hydrogen-bond donors (Lipinski definition) is 1. The number of likely N-dealkylation sites (tertiary alicyclic amines) is 1. The van der Waals surface area contributed by atoms with Gasteiger partial charge in [-0.15, -0.1) is 0 Å². The highest BCUT2D eigenvalue weighted by molar-refractivity contribution is 9.10. The summed E-state index contributed by atoms with van der Waals surface area (Å²) in [5.74, 6) is -0.543. The lowest BCUT2D eigenvalue weighted by molar-refractivity contribution is 0.0201. The van der Waals surface area contributed by atoms with Crippen LogP contribution in [0.5, 0.6) is 0 Å². The molecule has 1 aliphatic rings. The fraction of sp³-hybridized carbons (Fsp3) is 0.529. The molecule has 0 atom stereocenters. The third kappa shape index (κ3) is 4.69. The number of piperidine rings is 1. The second-order valence-corrected chi connectivity index (χ2v) is 7.77. The first-order valence-corrected chi connectivity index (χ1v) is 8.66. The number of rotatable bonds is 2. The lowest BCUT2D eigenvalue weighted by Gasteiger charge is -2.33. The van der Waals surface area contributed by atoms with Gasteiger partial charge in [0.2, 0.25) is 0 Å². The van der Waals surface area contributed by atoms with Crippen LogP contribution in [0.25, 0.3) is 0 Å². The Hall–Kier alpha value is -1.63. The van der Waals surface area contributed by atoms with Gasteiger partial charge >= 0.3 is 6.09 Å². The summed E-state index contributed by atoms with van der Waals surface area (Å²) in [7, 11) is 0. The van der Waals surface area contributed by atoms with Gasteiger partial charge in [-0.2, -0.15) is 0 Å². The number of amides is 1. The monoisotopic (exact) mass is 400 g/mol. The average Bonchev–Trinajstić information content (AvgIpc) is 2.50. The molecule has 0 radical (unpaired) electrons. The molecule has 0 bridgehead atoms. The van der Waals surface area contributed by atoms with E-state index in [0.29, 0.717) is 36.1 Å². The lowest BCUT2D eigenvalue weighted by Crippen LogP contribution is -2.43. The fourth-order valence-corrected chi connectivity index (χ4v) is 3.07. The molecule has 1 aliphatic heterocycles. The van der Waals surface area contributed by atoms with Crippen molar-refractivity contribution in [2.75, 3.05) is 13.1 Å². The van der Waals surface area contributed by atoms with Gasteiger partial charge in [0.25, 0.3) is 0 Å². The number of carbonyl (C=O) groups excluding carboxylic acids is 1. The molecule has 132 valence electrons. The van der Waals surface area contributed by atoms with E-state index in [9.17, 15) is 14.4 Å². The molecule has 1 N–H and O–H groups in total. The fourth-order valence-electron chi connectivity index (χ4n) is 2.71. The summed E-state index contributed by atoms with van der Waals surface area (Å²) in [6, 6.07) is 4.53. The lowest BCUT2D eigenvalue weighted by atomic mass is 9.88. The summed E-state index contributed by atoms with van der Waals surface area (Å²) >= 11 is 3.30. The van der Waals surface area contributed by atoms with Crippen molar-refractivity contribution in [1.82, 2.24) is 4.90 Å². The van der Waals surface area contributed by atoms with Crippen LogP contribution in [0.2, 0.25) is 0 Å². The zero-order valence-electron chi connectivity index (χ0n) is 14.1. The van der Waals surface area contributed by atoms with Crippen molar-refractivity contribution in [3.05, 3.63) is 34.1 Å². The molecule has 0 aliphatic carbocycles. The molecule has 0 aromatic heterocycles. The zero-order valence-corrected chi connectivity index (χ0v) is 15.6. The molecule has 1 saturated heterocycles. The quantitative estimate of drug-likeness (QED) is 0.454. The maximum Gasteiger partial charge on any atom is 0.410 e. The molecule has 2 rings (SSSR count). The highest BCUT2D eigenvalue weighted by Crippen LogP contribution is 2.26. The highest BCUT2D eigenvalue weighted by atomic mass is 79.9. The van der Waals surface area contributed by atoms with Crippen LogP contribution in [0.4, 0.5) is 9.18 Å². The topological polar surface area (TPSA) is 62.1 Å². The first-order chi connectivity index (χ1) is 11.2. The van der Waals surface area contributed by atoms with Gasteiger partial charge in [-0.1, -0.05) is 21.1 Å². The van der Waals surface area contributed by atoms with Crippen molar-refractivity contribution in [3.8, 4) is 0 Å². The van der Waals surface area contributed by atoms with E-state index < -0.39 is 11.4 Å². The Kier molecular flexibility index (Phi) is 5.85. The van der Waals surface area contributed by atoms with E-state index in [-0.39, 0.29) is 17.6 Å². The normalized spacial score (nSPS) is 17.0. The third-order valence-electron chi connectivity index (χ3n) is 3.85. The van der Waals surface area contributed by atoms with Crippen LogP contribution in [0, 0.1) is 11.7 Å². The van der Waals surface area contributed by atoms with E-state index in [1.807, 2.05) is 20.8 Å². The van der Waals surface area contributed by atoms with Gasteiger partial charge in [-0.05, 0) is 51.8 Å². The summed E-state index contributed by atoms with van der Waals surface area (Å²) in [6.45, 7) is 6.43. The number of halogens is 2. The minimum absolute atomic E-state index is 0.113.